The van der Waals surface area contributed by atoms with Gasteiger partial charge >= 0.3 is 0 Å². The van der Waals surface area contributed by atoms with Crippen LogP contribution >= 0.6 is 0 Å². The van der Waals surface area contributed by atoms with Crippen molar-refractivity contribution in [3.63, 3.8) is 0 Å². The first-order chi connectivity index (χ1) is 34.2. The van der Waals surface area contributed by atoms with Crippen LogP contribution < -0.4 is 0 Å². The van der Waals surface area contributed by atoms with Crippen molar-refractivity contribution in [3.8, 4) is 62.4 Å². The summed E-state index contributed by atoms with van der Waals surface area (Å²) in [5, 5.41) is 6.85. The van der Waals surface area contributed by atoms with Gasteiger partial charge in [-0.15, -0.1) is 0 Å². The van der Waals surface area contributed by atoms with Gasteiger partial charge in [0.15, 0.2) is 11.6 Å². The number of hydrogen-bond donors (Lipinski definition) is 0. The number of hydrogen-bond acceptors (Lipinski definition) is 3. The summed E-state index contributed by atoms with van der Waals surface area (Å²) in [5.74, 6) is 1.74. The Hall–Kier alpha value is -9.39. The highest BCUT2D eigenvalue weighted by atomic mass is 15.2. The van der Waals surface area contributed by atoms with E-state index >= 15 is 0 Å². The average Bonchev–Trinajstić information content (AvgIpc) is 4.07. The molecule has 0 saturated heterocycles. The molecule has 14 aromatic rings. The number of nitrogens with zero attached hydrogens (tertiary/aromatic N) is 6. The van der Waals surface area contributed by atoms with Gasteiger partial charge in [-0.1, -0.05) is 200 Å². The van der Waals surface area contributed by atoms with E-state index in [1.807, 2.05) is 24.3 Å². The van der Waals surface area contributed by atoms with Gasteiger partial charge in [0.2, 0.25) is 5.95 Å². The summed E-state index contributed by atoms with van der Waals surface area (Å²) in [6.45, 7) is 0. The van der Waals surface area contributed by atoms with Gasteiger partial charge in [0.1, 0.15) is 0 Å². The number of para-hydroxylation sites is 4. The normalized spacial score (nSPS) is 11.8. The quantitative estimate of drug-likeness (QED) is 0.160. The molecule has 0 amide bonds. The van der Waals surface area contributed by atoms with Crippen molar-refractivity contribution >= 4 is 65.4 Å². The predicted molar refractivity (Wildman–Crippen MR) is 285 cm³/mol. The van der Waals surface area contributed by atoms with Crippen LogP contribution in [0.25, 0.3) is 128 Å². The van der Waals surface area contributed by atoms with Crippen LogP contribution in [-0.2, 0) is 0 Å². The van der Waals surface area contributed by atoms with E-state index in [4.69, 9.17) is 15.0 Å². The molecule has 69 heavy (non-hydrogen) atoms. The minimum absolute atomic E-state index is 0.541. The van der Waals surface area contributed by atoms with E-state index in [-0.39, 0.29) is 0 Å². The molecule has 0 spiro atoms. The molecular weight excluding hydrogens is 841 g/mol. The van der Waals surface area contributed by atoms with E-state index in [2.05, 4.69) is 232 Å². The Kier molecular flexibility index (Phi) is 8.79. The molecule has 10 aromatic carbocycles. The van der Waals surface area contributed by atoms with Crippen LogP contribution in [0.15, 0.2) is 243 Å². The molecule has 0 aliphatic carbocycles. The molecule has 0 unspecified atom stereocenters. The van der Waals surface area contributed by atoms with Crippen LogP contribution in [0.3, 0.4) is 0 Å². The third kappa shape index (κ3) is 6.16. The van der Waals surface area contributed by atoms with Crippen molar-refractivity contribution in [2.24, 2.45) is 0 Å². The number of benzene rings is 10. The maximum atomic E-state index is 5.48. The summed E-state index contributed by atoms with van der Waals surface area (Å²) < 4.78 is 7.22. The fraction of sp³-hybridized carbons (Fsp3) is 0. The third-order valence-corrected chi connectivity index (χ3v) is 13.7. The topological polar surface area (TPSA) is 53.5 Å². The van der Waals surface area contributed by atoms with E-state index < -0.39 is 0 Å². The highest BCUT2D eigenvalue weighted by molar-refractivity contribution is 6.26. The van der Waals surface area contributed by atoms with E-state index in [0.29, 0.717) is 17.6 Å². The van der Waals surface area contributed by atoms with Gasteiger partial charge < -0.3 is 9.13 Å². The first-order valence-electron chi connectivity index (χ1n) is 23.4. The molecule has 4 aromatic heterocycles. The van der Waals surface area contributed by atoms with Crippen LogP contribution in [0.5, 0.6) is 0 Å². The zero-order valence-electron chi connectivity index (χ0n) is 37.3. The molecule has 6 heteroatoms. The first-order valence-corrected chi connectivity index (χ1v) is 23.4. The SMILES string of the molecule is c1ccc(-c2ccc(-c3nc(-c4ccccc4)nc(-n4c5ccccc5c5cc6c(c(-n7c8ccccc8c8ccccc87)c54)c4ccccc4n6-c4ccc(-c5ccccc5)cc4)n3)cc2)cc1. The summed E-state index contributed by atoms with van der Waals surface area (Å²) >= 11 is 0. The highest BCUT2D eigenvalue weighted by Gasteiger charge is 2.28. The van der Waals surface area contributed by atoms with Crippen LogP contribution in [0.4, 0.5) is 0 Å². The maximum absolute atomic E-state index is 5.48. The van der Waals surface area contributed by atoms with Gasteiger partial charge in [-0.3, -0.25) is 4.57 Å². The average molecular weight is 881 g/mol. The van der Waals surface area contributed by atoms with Gasteiger partial charge in [-0.2, -0.15) is 9.97 Å². The third-order valence-electron chi connectivity index (χ3n) is 13.7. The summed E-state index contributed by atoms with van der Waals surface area (Å²) in [6.07, 6.45) is 0. The largest absolute Gasteiger partial charge is 0.309 e. The molecule has 0 N–H and O–H groups in total. The number of rotatable bonds is 7. The fourth-order valence-corrected chi connectivity index (χ4v) is 10.6. The van der Waals surface area contributed by atoms with Crippen LogP contribution in [0.1, 0.15) is 0 Å². The van der Waals surface area contributed by atoms with Gasteiger partial charge in [-0.25, -0.2) is 4.98 Å². The van der Waals surface area contributed by atoms with Crippen LogP contribution in [0, 0.1) is 0 Å². The van der Waals surface area contributed by atoms with Crippen LogP contribution in [-0.4, -0.2) is 28.7 Å². The molecule has 14 rings (SSSR count). The summed E-state index contributed by atoms with van der Waals surface area (Å²) in [4.78, 5) is 16.1. The lowest BCUT2D eigenvalue weighted by molar-refractivity contribution is 0.950. The highest BCUT2D eigenvalue weighted by Crippen LogP contribution is 2.47. The molecular formula is C63H40N6. The lowest BCUT2D eigenvalue weighted by Gasteiger charge is -2.17. The molecule has 0 aliphatic heterocycles. The lowest BCUT2D eigenvalue weighted by atomic mass is 10.0. The van der Waals surface area contributed by atoms with Crippen molar-refractivity contribution in [2.45, 2.75) is 0 Å². The molecule has 0 saturated carbocycles. The molecule has 6 nitrogen and oxygen atoms in total. The Morgan fingerprint density at radius 2 is 0.638 bits per heavy atom. The van der Waals surface area contributed by atoms with Crippen molar-refractivity contribution in [1.82, 2.24) is 28.7 Å². The zero-order chi connectivity index (χ0) is 45.4. The summed E-state index contributed by atoms with van der Waals surface area (Å²) in [5.41, 5.74) is 15.1. The molecule has 0 atom stereocenters. The minimum Gasteiger partial charge on any atom is -0.309 e. The molecule has 0 radical (unpaired) electrons. The van der Waals surface area contributed by atoms with Crippen molar-refractivity contribution in [2.75, 3.05) is 0 Å². The van der Waals surface area contributed by atoms with Crippen molar-refractivity contribution in [1.29, 1.82) is 0 Å². The fourth-order valence-electron chi connectivity index (χ4n) is 10.6. The van der Waals surface area contributed by atoms with Crippen molar-refractivity contribution in [3.05, 3.63) is 243 Å². The Bertz CT molecular complexity index is 4210. The Morgan fingerprint density at radius 1 is 0.261 bits per heavy atom. The smallest absolute Gasteiger partial charge is 0.238 e. The van der Waals surface area contributed by atoms with Gasteiger partial charge in [0, 0.05) is 49.1 Å². The summed E-state index contributed by atoms with van der Waals surface area (Å²) in [6, 6.07) is 86.3. The molecule has 322 valence electrons. The minimum atomic E-state index is 0.541. The molecule has 0 bridgehead atoms. The van der Waals surface area contributed by atoms with Crippen molar-refractivity contribution < 1.29 is 0 Å². The molecule has 0 fully saturated rings. The molecule has 4 heterocycles. The summed E-state index contributed by atoms with van der Waals surface area (Å²) in [7, 11) is 0. The Balaban J connectivity index is 1.13. The maximum Gasteiger partial charge on any atom is 0.238 e. The monoisotopic (exact) mass is 880 g/mol. The van der Waals surface area contributed by atoms with E-state index in [9.17, 15) is 0 Å². The second-order valence-electron chi connectivity index (χ2n) is 17.6. The number of aromatic nitrogens is 6. The zero-order valence-corrected chi connectivity index (χ0v) is 37.3. The second kappa shape index (κ2) is 15.6. The number of fused-ring (bicyclic) bond motifs is 9. The second-order valence-corrected chi connectivity index (χ2v) is 17.6. The van der Waals surface area contributed by atoms with Gasteiger partial charge in [0.05, 0.1) is 38.8 Å². The van der Waals surface area contributed by atoms with E-state index in [0.717, 1.165) is 88.3 Å². The Morgan fingerprint density at radius 3 is 1.17 bits per heavy atom. The van der Waals surface area contributed by atoms with Gasteiger partial charge in [0.25, 0.3) is 0 Å². The Labute approximate surface area is 397 Å². The standard InChI is InChI=1S/C63H40N6/c1-4-18-41(19-5-1)43-32-34-46(35-33-43)62-64-61(45-22-8-3-9-23-45)65-63(66-62)69-55-30-16-12-26-50(55)52-40-57-58(60(59(52)69)68-53-28-14-10-24-48(53)49-25-11-15-29-54(49)68)51-27-13-17-31-56(51)67(57)47-38-36-44(37-39-47)42-20-6-2-7-21-42/h1-40H. The lowest BCUT2D eigenvalue weighted by Crippen LogP contribution is -2.08. The van der Waals surface area contributed by atoms with Gasteiger partial charge in [-0.05, 0) is 64.7 Å². The molecule has 0 aliphatic rings. The first kappa shape index (κ1) is 38.8. The van der Waals surface area contributed by atoms with E-state index in [1.54, 1.807) is 0 Å². The van der Waals surface area contributed by atoms with Crippen LogP contribution in [0.2, 0.25) is 0 Å². The predicted octanol–water partition coefficient (Wildman–Crippen LogP) is 15.8. The van der Waals surface area contributed by atoms with E-state index in [1.165, 1.54) is 21.9 Å².